The van der Waals surface area contributed by atoms with Crippen LogP contribution in [0.2, 0.25) is 0 Å². The highest BCUT2D eigenvalue weighted by Gasteiger charge is 2.24. The highest BCUT2D eigenvalue weighted by atomic mass is 16.6. The summed E-state index contributed by atoms with van der Waals surface area (Å²) in [5.41, 5.74) is 1.01. The molecule has 1 aliphatic rings. The normalized spacial score (nSPS) is 14.6. The van der Waals surface area contributed by atoms with Crippen molar-refractivity contribution in [3.63, 3.8) is 0 Å². The summed E-state index contributed by atoms with van der Waals surface area (Å²) in [5, 5.41) is 13.9. The van der Waals surface area contributed by atoms with Crippen molar-refractivity contribution in [2.45, 2.75) is 6.92 Å². The molecular weight excluding hydrogens is 364 g/mol. The summed E-state index contributed by atoms with van der Waals surface area (Å²) in [6, 6.07) is 4.68. The zero-order valence-electron chi connectivity index (χ0n) is 15.8. The molecule has 0 saturated carbocycles. The molecule has 1 aliphatic heterocycles. The number of methoxy groups -OCH3 is 1. The van der Waals surface area contributed by atoms with Gasteiger partial charge in [0.1, 0.15) is 0 Å². The van der Waals surface area contributed by atoms with Gasteiger partial charge in [0, 0.05) is 30.2 Å². The number of amides is 1. The van der Waals surface area contributed by atoms with E-state index in [-0.39, 0.29) is 17.3 Å². The van der Waals surface area contributed by atoms with Crippen molar-refractivity contribution in [3.8, 4) is 5.75 Å². The lowest BCUT2D eigenvalue weighted by molar-refractivity contribution is -0.892. The molecular formula is C18H23N6O4+. The Morgan fingerprint density at radius 1 is 1.32 bits per heavy atom. The largest absolute Gasteiger partial charge is 0.490 e. The van der Waals surface area contributed by atoms with Crippen LogP contribution in [0.15, 0.2) is 30.6 Å². The van der Waals surface area contributed by atoms with Gasteiger partial charge in [0.15, 0.2) is 12.3 Å². The van der Waals surface area contributed by atoms with Crippen molar-refractivity contribution in [2.24, 2.45) is 0 Å². The Kier molecular flexibility index (Phi) is 5.99. The van der Waals surface area contributed by atoms with E-state index >= 15 is 0 Å². The number of nitro benzene ring substituents is 1. The maximum Gasteiger partial charge on any atom is 0.311 e. The molecule has 1 aromatic carbocycles. The fourth-order valence-electron chi connectivity index (χ4n) is 3.19. The number of hydrogen-bond donors (Lipinski definition) is 2. The number of carbonyl (C=O) groups is 1. The van der Waals surface area contributed by atoms with Crippen LogP contribution in [0.4, 0.5) is 17.3 Å². The van der Waals surface area contributed by atoms with E-state index in [1.165, 1.54) is 19.2 Å². The van der Waals surface area contributed by atoms with Crippen LogP contribution in [0.5, 0.6) is 5.75 Å². The van der Waals surface area contributed by atoms with E-state index in [1.807, 2.05) is 0 Å². The number of quaternary nitrogens is 1. The van der Waals surface area contributed by atoms with Crippen LogP contribution in [-0.2, 0) is 4.79 Å². The highest BCUT2D eigenvalue weighted by molar-refractivity contribution is 5.92. The molecule has 0 aliphatic carbocycles. The molecule has 2 aromatic rings. The van der Waals surface area contributed by atoms with E-state index in [0.717, 1.165) is 31.1 Å². The highest BCUT2D eigenvalue weighted by Crippen LogP contribution is 2.32. The lowest BCUT2D eigenvalue weighted by Gasteiger charge is -2.31. The molecule has 0 radical (unpaired) electrons. The second-order valence-corrected chi connectivity index (χ2v) is 6.61. The van der Waals surface area contributed by atoms with Gasteiger partial charge in [0.05, 0.1) is 38.2 Å². The molecule has 3 rings (SSSR count). The number of nitro groups is 1. The lowest BCUT2D eigenvalue weighted by Crippen LogP contribution is -3.15. The molecule has 1 fully saturated rings. The summed E-state index contributed by atoms with van der Waals surface area (Å²) in [5.74, 6) is 0.688. The van der Waals surface area contributed by atoms with Gasteiger partial charge in [-0.3, -0.25) is 14.9 Å². The van der Waals surface area contributed by atoms with Crippen LogP contribution in [0, 0.1) is 17.0 Å². The van der Waals surface area contributed by atoms with Gasteiger partial charge in [-0.1, -0.05) is 0 Å². The molecule has 1 aromatic heterocycles. The van der Waals surface area contributed by atoms with Crippen LogP contribution in [0.3, 0.4) is 0 Å². The first-order valence-corrected chi connectivity index (χ1v) is 8.96. The van der Waals surface area contributed by atoms with Crippen molar-refractivity contribution in [2.75, 3.05) is 50.1 Å². The molecule has 0 spiro atoms. The Bertz CT molecular complexity index is 853. The second kappa shape index (κ2) is 8.61. The number of benzene rings is 1. The van der Waals surface area contributed by atoms with Gasteiger partial charge in [0.2, 0.25) is 5.95 Å². The number of ether oxygens (including phenoxy) is 1. The van der Waals surface area contributed by atoms with Crippen LogP contribution >= 0.6 is 0 Å². The summed E-state index contributed by atoms with van der Waals surface area (Å²) in [7, 11) is 1.36. The number of rotatable bonds is 6. The molecule has 1 amide bonds. The van der Waals surface area contributed by atoms with Gasteiger partial charge in [-0.15, -0.1) is 0 Å². The number of piperazine rings is 1. The van der Waals surface area contributed by atoms with Crippen LogP contribution in [-0.4, -0.2) is 60.6 Å². The minimum absolute atomic E-state index is 0.120. The van der Waals surface area contributed by atoms with Gasteiger partial charge < -0.3 is 19.9 Å². The van der Waals surface area contributed by atoms with Crippen LogP contribution in [0.25, 0.3) is 0 Å². The number of carbonyl (C=O) groups excluding carboxylic acids is 1. The number of hydrogen-bond acceptors (Lipinski definition) is 7. The third-order valence-electron chi connectivity index (χ3n) is 4.71. The number of anilines is 2. The Morgan fingerprint density at radius 3 is 2.61 bits per heavy atom. The van der Waals surface area contributed by atoms with Crippen molar-refractivity contribution in [1.29, 1.82) is 0 Å². The van der Waals surface area contributed by atoms with Crippen LogP contribution < -0.4 is 19.9 Å². The number of nitrogens with zero attached hydrogens (tertiary/aromatic N) is 4. The lowest BCUT2D eigenvalue weighted by atomic mass is 10.1. The predicted molar refractivity (Wildman–Crippen MR) is 103 cm³/mol. The Labute approximate surface area is 162 Å². The first kappa shape index (κ1) is 19.5. The topological polar surface area (TPSA) is 115 Å². The number of aryl methyl sites for hydroxylation is 1. The average Bonchev–Trinajstić information content (AvgIpc) is 2.70. The van der Waals surface area contributed by atoms with Gasteiger partial charge in [0.25, 0.3) is 5.91 Å². The molecule has 2 N–H and O–H groups in total. The standard InChI is InChI=1S/C18H22N6O4/c1-13-10-15(24(26)27)16(28-2)11-14(13)21-17(25)12-22-6-8-23(9-7-22)18-19-4-3-5-20-18/h3-5,10-11H,6-9,12H2,1-2H3,(H,21,25)/p+1. The quantitative estimate of drug-likeness (QED) is 0.531. The number of nitrogens with one attached hydrogen (secondary N) is 2. The van der Waals surface area contributed by atoms with E-state index in [1.54, 1.807) is 25.4 Å². The van der Waals surface area contributed by atoms with Crippen molar-refractivity contribution in [3.05, 3.63) is 46.3 Å². The van der Waals surface area contributed by atoms with E-state index in [2.05, 4.69) is 20.2 Å². The summed E-state index contributed by atoms with van der Waals surface area (Å²) < 4.78 is 5.07. The minimum atomic E-state index is -0.502. The molecule has 28 heavy (non-hydrogen) atoms. The van der Waals surface area contributed by atoms with Crippen LogP contribution in [0.1, 0.15) is 5.56 Å². The molecule has 2 heterocycles. The Morgan fingerprint density at radius 2 is 2.00 bits per heavy atom. The fraction of sp³-hybridized carbons (Fsp3) is 0.389. The zero-order chi connectivity index (χ0) is 20.1. The first-order chi connectivity index (χ1) is 13.5. The zero-order valence-corrected chi connectivity index (χ0v) is 15.8. The van der Waals surface area contributed by atoms with Gasteiger partial charge in [-0.2, -0.15) is 0 Å². The third kappa shape index (κ3) is 4.52. The van der Waals surface area contributed by atoms with E-state index in [4.69, 9.17) is 4.74 Å². The van der Waals surface area contributed by atoms with Crippen molar-refractivity contribution < 1.29 is 19.4 Å². The van der Waals surface area contributed by atoms with E-state index < -0.39 is 4.92 Å². The molecule has 0 bridgehead atoms. The molecule has 148 valence electrons. The van der Waals surface area contributed by atoms with Crippen molar-refractivity contribution >= 4 is 23.2 Å². The maximum atomic E-state index is 12.5. The Balaban J connectivity index is 1.57. The molecule has 10 nitrogen and oxygen atoms in total. The average molecular weight is 387 g/mol. The fourth-order valence-corrected chi connectivity index (χ4v) is 3.19. The first-order valence-electron chi connectivity index (χ1n) is 8.96. The summed E-state index contributed by atoms with van der Waals surface area (Å²) in [4.78, 5) is 34.8. The summed E-state index contributed by atoms with van der Waals surface area (Å²) >= 11 is 0. The van der Waals surface area contributed by atoms with Gasteiger partial charge >= 0.3 is 5.69 Å². The smallest absolute Gasteiger partial charge is 0.311 e. The minimum Gasteiger partial charge on any atom is -0.490 e. The van der Waals surface area contributed by atoms with E-state index in [0.29, 0.717) is 23.7 Å². The van der Waals surface area contributed by atoms with Gasteiger partial charge in [-0.05, 0) is 18.6 Å². The Hall–Kier alpha value is -3.27. The third-order valence-corrected chi connectivity index (χ3v) is 4.71. The molecule has 0 atom stereocenters. The molecule has 1 saturated heterocycles. The SMILES string of the molecule is COc1cc(NC(=O)C[NH+]2CCN(c3ncccn3)CC2)c(C)cc1[N+](=O)[O-]. The monoisotopic (exact) mass is 387 g/mol. The molecule has 10 heteroatoms. The van der Waals surface area contributed by atoms with Crippen molar-refractivity contribution in [1.82, 2.24) is 9.97 Å². The van der Waals surface area contributed by atoms with E-state index in [9.17, 15) is 14.9 Å². The molecule has 0 unspecified atom stereocenters. The maximum absolute atomic E-state index is 12.5. The predicted octanol–water partition coefficient (Wildman–Crippen LogP) is 0.0454. The summed E-state index contributed by atoms with van der Waals surface area (Å²) in [6.07, 6.45) is 3.44. The number of aromatic nitrogens is 2. The second-order valence-electron chi connectivity index (χ2n) is 6.61. The summed E-state index contributed by atoms with van der Waals surface area (Å²) in [6.45, 7) is 5.19. The van der Waals surface area contributed by atoms with Gasteiger partial charge in [-0.25, -0.2) is 9.97 Å².